The van der Waals surface area contributed by atoms with E-state index in [0.29, 0.717) is 0 Å². The minimum atomic E-state index is -0.643. The smallest absolute Gasteiger partial charge is 0.276 e. The molecule has 0 aliphatic carbocycles. The van der Waals surface area contributed by atoms with Crippen molar-refractivity contribution in [3.8, 4) is 0 Å². The van der Waals surface area contributed by atoms with Crippen molar-refractivity contribution in [1.82, 2.24) is 15.6 Å². The van der Waals surface area contributed by atoms with Gasteiger partial charge in [-0.05, 0) is 12.2 Å². The molecule has 3 amide bonds. The zero-order chi connectivity index (χ0) is 19.8. The highest BCUT2D eigenvalue weighted by atomic mass is 35.5. The largest absolute Gasteiger partial charge is 0.398 e. The minimum absolute atomic E-state index is 0.0860. The quantitative estimate of drug-likeness (QED) is 0.167. The van der Waals surface area contributed by atoms with Crippen LogP contribution in [0.1, 0.15) is 25.5 Å². The number of nitrogens with zero attached hydrogens (tertiary/aromatic N) is 2. The fourth-order valence-electron chi connectivity index (χ4n) is 2.09. The number of aromatic nitrogens is 1. The predicted molar refractivity (Wildman–Crippen MR) is 106 cm³/mol. The number of rotatable bonds is 10. The van der Waals surface area contributed by atoms with Crippen molar-refractivity contribution in [2.75, 3.05) is 24.1 Å². The summed E-state index contributed by atoms with van der Waals surface area (Å²) in [6, 6.07) is -0.643. The lowest BCUT2D eigenvalue weighted by molar-refractivity contribution is -0.132. The Kier molecular flexibility index (Phi) is 8.32. The first-order chi connectivity index (χ1) is 13.0. The molecule has 1 aliphatic heterocycles. The summed E-state index contributed by atoms with van der Waals surface area (Å²) >= 11 is 8.14. The number of halogens is 1. The maximum atomic E-state index is 12.6. The molecule has 9 nitrogen and oxygen atoms in total. The van der Waals surface area contributed by atoms with Gasteiger partial charge < -0.3 is 20.8 Å². The lowest BCUT2D eigenvalue weighted by atomic mass is 10.1. The topological polar surface area (TPSA) is 122 Å². The van der Waals surface area contributed by atoms with E-state index >= 15 is 0 Å². The van der Waals surface area contributed by atoms with E-state index in [1.807, 2.05) is 0 Å². The van der Waals surface area contributed by atoms with Crippen LogP contribution < -0.4 is 16.0 Å². The molecule has 0 aromatic carbocycles. The Balaban J connectivity index is 2.03. The first-order valence-corrected chi connectivity index (χ1v) is 10.6. The Labute approximate surface area is 169 Å². The van der Waals surface area contributed by atoms with Crippen LogP contribution in [0.15, 0.2) is 10.5 Å². The summed E-state index contributed by atoms with van der Waals surface area (Å²) in [7, 11) is 1.30. The monoisotopic (exact) mass is 433 g/mol. The number of alkyl halides is 1. The molecule has 0 radical (unpaired) electrons. The second kappa shape index (κ2) is 10.5. The van der Waals surface area contributed by atoms with Gasteiger partial charge in [-0.2, -0.15) is 0 Å². The number of hydrogen-bond acceptors (Lipinski definition) is 8. The van der Waals surface area contributed by atoms with Gasteiger partial charge in [-0.15, -0.1) is 34.7 Å². The molecule has 0 bridgehead atoms. The van der Waals surface area contributed by atoms with Crippen LogP contribution in [-0.2, 0) is 19.2 Å². The van der Waals surface area contributed by atoms with E-state index in [1.54, 1.807) is 17.1 Å². The molecule has 1 aliphatic rings. The number of oxime groups is 1. The third-order valence-electron chi connectivity index (χ3n) is 3.46. The average Bonchev–Trinajstić information content (AvgIpc) is 3.11. The van der Waals surface area contributed by atoms with E-state index in [1.165, 1.54) is 7.11 Å². The SMILES string of the molecule is CCCCS[C@H]1NC(=O)[C@H]1NC(=O)/C(=N\OC)c1csc(NC(=O)CCl)n1. The summed E-state index contributed by atoms with van der Waals surface area (Å²) in [5.74, 6) is -0.559. The second-order valence-electron chi connectivity index (χ2n) is 5.45. The van der Waals surface area contributed by atoms with Gasteiger partial charge in [-0.3, -0.25) is 14.4 Å². The molecule has 0 saturated carbocycles. The van der Waals surface area contributed by atoms with Crippen LogP contribution in [0, 0.1) is 0 Å². The zero-order valence-corrected chi connectivity index (χ0v) is 17.2. The lowest BCUT2D eigenvalue weighted by Gasteiger charge is -2.36. The van der Waals surface area contributed by atoms with Crippen molar-refractivity contribution in [2.24, 2.45) is 5.16 Å². The highest BCUT2D eigenvalue weighted by molar-refractivity contribution is 8.00. The van der Waals surface area contributed by atoms with E-state index in [4.69, 9.17) is 16.4 Å². The summed E-state index contributed by atoms with van der Waals surface area (Å²) in [5.41, 5.74) is 0.135. The number of nitrogens with one attached hydrogen (secondary N) is 3. The Hall–Kier alpha value is -1.85. The number of unbranched alkanes of at least 4 members (excludes halogenated alkanes) is 1. The highest BCUT2D eigenvalue weighted by Gasteiger charge is 2.41. The van der Waals surface area contributed by atoms with Gasteiger partial charge in [0.2, 0.25) is 11.8 Å². The summed E-state index contributed by atoms with van der Waals surface area (Å²) in [6.07, 6.45) is 2.09. The third-order valence-corrected chi connectivity index (χ3v) is 5.74. The van der Waals surface area contributed by atoms with Crippen LogP contribution in [0.5, 0.6) is 0 Å². The first-order valence-electron chi connectivity index (χ1n) is 8.15. The van der Waals surface area contributed by atoms with Crippen molar-refractivity contribution in [3.05, 3.63) is 11.1 Å². The van der Waals surface area contributed by atoms with Gasteiger partial charge >= 0.3 is 0 Å². The van der Waals surface area contributed by atoms with Crippen LogP contribution in [0.25, 0.3) is 0 Å². The van der Waals surface area contributed by atoms with Crippen LogP contribution in [0.4, 0.5) is 5.13 Å². The van der Waals surface area contributed by atoms with E-state index in [2.05, 4.69) is 33.0 Å². The van der Waals surface area contributed by atoms with Gasteiger partial charge in [0.05, 0.1) is 0 Å². The third kappa shape index (κ3) is 5.81. The van der Waals surface area contributed by atoms with Crippen LogP contribution in [0.3, 0.4) is 0 Å². The molecule has 0 unspecified atom stereocenters. The van der Waals surface area contributed by atoms with Crippen LogP contribution in [-0.4, -0.2) is 58.6 Å². The van der Waals surface area contributed by atoms with Gasteiger partial charge in [-0.25, -0.2) is 4.98 Å². The number of β-lactam (4-membered cyclic amide) rings is 1. The molecule has 27 heavy (non-hydrogen) atoms. The first kappa shape index (κ1) is 21.5. The molecule has 1 fully saturated rings. The number of hydrogen-bond donors (Lipinski definition) is 3. The standard InChI is InChI=1S/C15H20ClN5O4S2/c1-3-4-5-26-14-11(13(24)20-14)19-12(23)10(21-25-2)8-7-27-15(17-8)18-9(22)6-16/h7,11,14H,3-6H2,1-2H3,(H,19,23)(H,20,24)(H,17,18,22)/b21-10-/t11-,14-/m1/s1. The lowest BCUT2D eigenvalue weighted by Crippen LogP contribution is -2.68. The summed E-state index contributed by atoms with van der Waals surface area (Å²) in [6.45, 7) is 2.09. The molecule has 2 rings (SSSR count). The van der Waals surface area contributed by atoms with Crippen molar-refractivity contribution in [1.29, 1.82) is 0 Å². The molecule has 148 valence electrons. The molecule has 1 saturated heterocycles. The Morgan fingerprint density at radius 2 is 2.30 bits per heavy atom. The van der Waals surface area contributed by atoms with E-state index in [0.717, 1.165) is 29.9 Å². The number of amides is 3. The van der Waals surface area contributed by atoms with Crippen LogP contribution in [0.2, 0.25) is 0 Å². The highest BCUT2D eigenvalue weighted by Crippen LogP contribution is 2.22. The van der Waals surface area contributed by atoms with E-state index < -0.39 is 17.9 Å². The second-order valence-corrected chi connectivity index (χ2v) is 7.82. The number of carbonyl (C=O) groups is 3. The molecule has 2 heterocycles. The number of thiazole rings is 1. The van der Waals surface area contributed by atoms with Gasteiger partial charge in [0.25, 0.3) is 5.91 Å². The fourth-order valence-corrected chi connectivity index (χ4v) is 4.16. The van der Waals surface area contributed by atoms with Crippen molar-refractivity contribution in [2.45, 2.75) is 31.2 Å². The van der Waals surface area contributed by atoms with Crippen molar-refractivity contribution >= 4 is 63.3 Å². The molecule has 3 N–H and O–H groups in total. The van der Waals surface area contributed by atoms with E-state index in [9.17, 15) is 14.4 Å². The maximum absolute atomic E-state index is 12.6. The van der Waals surface area contributed by atoms with Gasteiger partial charge in [0, 0.05) is 5.38 Å². The van der Waals surface area contributed by atoms with Gasteiger partial charge in [-0.1, -0.05) is 18.5 Å². The van der Waals surface area contributed by atoms with E-state index in [-0.39, 0.29) is 33.7 Å². The average molecular weight is 434 g/mol. The summed E-state index contributed by atoms with van der Waals surface area (Å²) in [4.78, 5) is 44.6. The van der Waals surface area contributed by atoms with Crippen molar-refractivity contribution in [3.63, 3.8) is 0 Å². The molecule has 1 aromatic rings. The molecular formula is C15H20ClN5O4S2. The molecule has 12 heteroatoms. The van der Waals surface area contributed by atoms with Gasteiger partial charge in [0.15, 0.2) is 10.8 Å². The van der Waals surface area contributed by atoms with Crippen LogP contribution >= 0.6 is 34.7 Å². The summed E-state index contributed by atoms with van der Waals surface area (Å²) in [5, 5.41) is 13.3. The zero-order valence-electron chi connectivity index (χ0n) is 14.8. The molecular weight excluding hydrogens is 414 g/mol. The Morgan fingerprint density at radius 3 is 2.93 bits per heavy atom. The number of carbonyl (C=O) groups excluding carboxylic acids is 3. The molecule has 1 aromatic heterocycles. The van der Waals surface area contributed by atoms with Gasteiger partial charge in [0.1, 0.15) is 30.1 Å². The predicted octanol–water partition coefficient (Wildman–Crippen LogP) is 1.14. The number of anilines is 1. The normalized spacial score (nSPS) is 19.1. The minimum Gasteiger partial charge on any atom is -0.398 e. The fraction of sp³-hybridized carbons (Fsp3) is 0.533. The van der Waals surface area contributed by atoms with Crippen molar-refractivity contribution < 1.29 is 19.2 Å². The maximum Gasteiger partial charge on any atom is 0.276 e. The number of thioether (sulfide) groups is 1. The Bertz CT molecular complexity index is 727. The summed E-state index contributed by atoms with van der Waals surface area (Å²) < 4.78 is 0. The Morgan fingerprint density at radius 1 is 1.52 bits per heavy atom. The molecule has 0 spiro atoms. The molecule has 2 atom stereocenters.